The summed E-state index contributed by atoms with van der Waals surface area (Å²) in [5.41, 5.74) is 0. The van der Waals surface area contributed by atoms with Gasteiger partial charge in [-0.25, -0.2) is 0 Å². The van der Waals surface area contributed by atoms with E-state index < -0.39 is 0 Å². The monoisotopic (exact) mass is 461 g/mol. The number of hydrogen-bond acceptors (Lipinski definition) is 7. The summed E-state index contributed by atoms with van der Waals surface area (Å²) in [7, 11) is 0. The predicted octanol–water partition coefficient (Wildman–Crippen LogP) is 2.71. The van der Waals surface area contributed by atoms with Gasteiger partial charge in [-0.2, -0.15) is 9.97 Å². The second-order valence-corrected chi connectivity index (χ2v) is 9.75. The van der Waals surface area contributed by atoms with Crippen LogP contribution in [0.15, 0.2) is 6.07 Å². The Labute approximate surface area is 198 Å². The average Bonchev–Trinajstić information content (AvgIpc) is 3.09. The van der Waals surface area contributed by atoms with E-state index in [4.69, 9.17) is 26.9 Å². The summed E-state index contributed by atoms with van der Waals surface area (Å²) in [6, 6.07) is 2.18. The van der Waals surface area contributed by atoms with Crippen LogP contribution >= 0.6 is 12.2 Å². The highest BCUT2D eigenvalue weighted by Crippen LogP contribution is 2.27. The van der Waals surface area contributed by atoms with Gasteiger partial charge in [0.15, 0.2) is 5.11 Å². The molecule has 3 fully saturated rings. The van der Waals surface area contributed by atoms with E-state index in [2.05, 4.69) is 38.3 Å². The maximum absolute atomic E-state index is 5.57. The molecule has 32 heavy (non-hydrogen) atoms. The van der Waals surface area contributed by atoms with Crippen LogP contribution in [0.4, 0.5) is 17.6 Å². The van der Waals surface area contributed by atoms with Crippen LogP contribution in [0.5, 0.6) is 0 Å². The largest absolute Gasteiger partial charge is 0.379 e. The van der Waals surface area contributed by atoms with Crippen molar-refractivity contribution in [2.45, 2.75) is 45.4 Å². The summed E-state index contributed by atoms with van der Waals surface area (Å²) in [5, 5.41) is 7.18. The van der Waals surface area contributed by atoms with Gasteiger partial charge in [-0.3, -0.25) is 4.90 Å². The van der Waals surface area contributed by atoms with Crippen LogP contribution in [0.3, 0.4) is 0 Å². The highest BCUT2D eigenvalue weighted by atomic mass is 32.1. The molecule has 1 aromatic heterocycles. The molecule has 4 rings (SSSR count). The lowest BCUT2D eigenvalue weighted by Crippen LogP contribution is -2.42. The minimum Gasteiger partial charge on any atom is -0.379 e. The normalized spacial score (nSPS) is 23.0. The topological polar surface area (TPSA) is 68.8 Å². The standard InChI is InChI=1S/C23H39N7OS/c1-19-7-6-11-30(18-19)21-17-20(29-9-4-2-3-5-10-29)25-22(26-21)27-23(32)24-8-12-28-13-15-31-16-14-28/h17,19H,2-16,18H2,1H3,(H2,24,25,26,27,32)/t19-/m0/s1. The number of nitrogens with zero attached hydrogens (tertiary/aromatic N) is 5. The smallest absolute Gasteiger partial charge is 0.232 e. The third kappa shape index (κ3) is 6.89. The van der Waals surface area contributed by atoms with Crippen LogP contribution in [-0.2, 0) is 4.74 Å². The molecule has 0 saturated carbocycles. The van der Waals surface area contributed by atoms with Gasteiger partial charge in [0.1, 0.15) is 11.6 Å². The second-order valence-electron chi connectivity index (χ2n) is 9.34. The Morgan fingerprint density at radius 3 is 2.41 bits per heavy atom. The third-order valence-electron chi connectivity index (χ3n) is 6.65. The number of morpholine rings is 1. The van der Waals surface area contributed by atoms with Crippen LogP contribution in [0.2, 0.25) is 0 Å². The molecule has 3 aliphatic heterocycles. The fraction of sp³-hybridized carbons (Fsp3) is 0.783. The van der Waals surface area contributed by atoms with Crippen molar-refractivity contribution in [1.82, 2.24) is 20.2 Å². The third-order valence-corrected chi connectivity index (χ3v) is 6.90. The summed E-state index contributed by atoms with van der Waals surface area (Å²) < 4.78 is 5.42. The highest BCUT2D eigenvalue weighted by Gasteiger charge is 2.21. The Morgan fingerprint density at radius 1 is 1.00 bits per heavy atom. The Hall–Kier alpha value is -1.71. The molecule has 2 N–H and O–H groups in total. The van der Waals surface area contributed by atoms with Crippen molar-refractivity contribution in [3.8, 4) is 0 Å². The van der Waals surface area contributed by atoms with Gasteiger partial charge in [-0.05, 0) is 43.8 Å². The number of nitrogens with one attached hydrogen (secondary N) is 2. The lowest BCUT2D eigenvalue weighted by molar-refractivity contribution is 0.0389. The Bertz CT molecular complexity index is 715. The van der Waals surface area contributed by atoms with E-state index in [0.717, 1.165) is 77.2 Å². The van der Waals surface area contributed by atoms with Gasteiger partial charge in [0, 0.05) is 58.4 Å². The number of ether oxygens (including phenoxy) is 1. The first kappa shape index (κ1) is 23.4. The molecule has 0 amide bonds. The van der Waals surface area contributed by atoms with Crippen LogP contribution in [0.1, 0.15) is 45.4 Å². The van der Waals surface area contributed by atoms with Gasteiger partial charge >= 0.3 is 0 Å². The molecule has 0 unspecified atom stereocenters. The quantitative estimate of drug-likeness (QED) is 0.622. The zero-order valence-corrected chi connectivity index (χ0v) is 20.3. The Kier molecular flexibility index (Phi) is 8.76. The van der Waals surface area contributed by atoms with Crippen LogP contribution in [-0.4, -0.2) is 85.6 Å². The average molecular weight is 462 g/mol. The van der Waals surface area contributed by atoms with Crippen molar-refractivity contribution >= 4 is 34.9 Å². The lowest BCUT2D eigenvalue weighted by atomic mass is 10.0. The van der Waals surface area contributed by atoms with E-state index in [1.54, 1.807) is 0 Å². The SMILES string of the molecule is C[C@H]1CCCN(c2cc(N3CCCCCC3)nc(NC(=S)NCCN3CCOCC3)n2)C1. The molecule has 0 aliphatic carbocycles. The van der Waals surface area contributed by atoms with Crippen molar-refractivity contribution in [1.29, 1.82) is 0 Å². The molecule has 0 radical (unpaired) electrons. The summed E-state index contributed by atoms with van der Waals surface area (Å²) in [6.07, 6.45) is 7.58. The van der Waals surface area contributed by atoms with Gasteiger partial charge in [0.25, 0.3) is 0 Å². The van der Waals surface area contributed by atoms with E-state index in [1.807, 2.05) is 0 Å². The van der Waals surface area contributed by atoms with E-state index >= 15 is 0 Å². The molecule has 9 heteroatoms. The van der Waals surface area contributed by atoms with E-state index in [9.17, 15) is 0 Å². The van der Waals surface area contributed by atoms with E-state index in [0.29, 0.717) is 17.0 Å². The maximum Gasteiger partial charge on any atom is 0.232 e. The van der Waals surface area contributed by atoms with Gasteiger partial charge in [0.2, 0.25) is 5.95 Å². The molecule has 0 bridgehead atoms. The molecule has 1 aromatic rings. The number of aromatic nitrogens is 2. The summed E-state index contributed by atoms with van der Waals surface area (Å²) in [6.45, 7) is 11.9. The summed E-state index contributed by atoms with van der Waals surface area (Å²) in [4.78, 5) is 17.0. The van der Waals surface area contributed by atoms with Crippen molar-refractivity contribution in [2.75, 3.05) is 80.7 Å². The molecule has 4 heterocycles. The molecule has 178 valence electrons. The number of piperidine rings is 1. The zero-order chi connectivity index (χ0) is 22.2. The van der Waals surface area contributed by atoms with Crippen LogP contribution in [0, 0.1) is 5.92 Å². The second kappa shape index (κ2) is 12.0. The molecule has 0 spiro atoms. The fourth-order valence-electron chi connectivity index (χ4n) is 4.80. The first-order valence-electron chi connectivity index (χ1n) is 12.4. The number of thiocarbonyl (C=S) groups is 1. The molecule has 1 atom stereocenters. The van der Waals surface area contributed by atoms with Gasteiger partial charge in [0.05, 0.1) is 13.2 Å². The van der Waals surface area contributed by atoms with Crippen molar-refractivity contribution in [3.05, 3.63) is 6.07 Å². The Balaban J connectivity index is 1.42. The van der Waals surface area contributed by atoms with Gasteiger partial charge in [-0.1, -0.05) is 19.8 Å². The number of anilines is 3. The van der Waals surface area contributed by atoms with Crippen molar-refractivity contribution in [2.24, 2.45) is 5.92 Å². The Morgan fingerprint density at radius 2 is 1.69 bits per heavy atom. The molecular formula is C23H39N7OS. The summed E-state index contributed by atoms with van der Waals surface area (Å²) in [5.74, 6) is 3.33. The van der Waals surface area contributed by atoms with E-state index in [1.165, 1.54) is 38.5 Å². The minimum atomic E-state index is 0.587. The minimum absolute atomic E-state index is 0.587. The highest BCUT2D eigenvalue weighted by molar-refractivity contribution is 7.80. The maximum atomic E-state index is 5.57. The van der Waals surface area contributed by atoms with Crippen molar-refractivity contribution in [3.63, 3.8) is 0 Å². The van der Waals surface area contributed by atoms with Crippen molar-refractivity contribution < 1.29 is 4.74 Å². The first-order chi connectivity index (χ1) is 15.7. The lowest BCUT2D eigenvalue weighted by Gasteiger charge is -2.33. The van der Waals surface area contributed by atoms with Crippen LogP contribution in [0.25, 0.3) is 0 Å². The van der Waals surface area contributed by atoms with E-state index in [-0.39, 0.29) is 0 Å². The molecule has 3 saturated heterocycles. The zero-order valence-electron chi connectivity index (χ0n) is 19.5. The molecule has 8 nitrogen and oxygen atoms in total. The van der Waals surface area contributed by atoms with Gasteiger partial charge in [-0.15, -0.1) is 0 Å². The molecular weight excluding hydrogens is 422 g/mol. The number of rotatable bonds is 6. The predicted molar refractivity (Wildman–Crippen MR) is 135 cm³/mol. The molecule has 0 aromatic carbocycles. The van der Waals surface area contributed by atoms with Crippen LogP contribution < -0.4 is 20.4 Å². The van der Waals surface area contributed by atoms with Gasteiger partial charge < -0.3 is 25.2 Å². The summed E-state index contributed by atoms with van der Waals surface area (Å²) >= 11 is 5.57. The number of hydrogen-bond donors (Lipinski definition) is 2. The molecule has 3 aliphatic rings. The fourth-order valence-corrected chi connectivity index (χ4v) is 4.99. The first-order valence-corrected chi connectivity index (χ1v) is 12.8.